The van der Waals surface area contributed by atoms with E-state index in [0.717, 1.165) is 48.9 Å². The molecule has 0 bridgehead atoms. The highest BCUT2D eigenvalue weighted by molar-refractivity contribution is 5.93. The number of pyridine rings is 1. The second kappa shape index (κ2) is 13.4. The van der Waals surface area contributed by atoms with E-state index in [1.54, 1.807) is 19.2 Å². The molecule has 1 heterocycles. The van der Waals surface area contributed by atoms with Crippen LogP contribution < -0.4 is 20.9 Å². The van der Waals surface area contributed by atoms with Gasteiger partial charge in [-0.25, -0.2) is 0 Å². The minimum Gasteiger partial charge on any atom is -0.493 e. The van der Waals surface area contributed by atoms with E-state index in [1.807, 2.05) is 48.7 Å². The van der Waals surface area contributed by atoms with Gasteiger partial charge in [0.25, 0.3) is 5.56 Å². The second-order valence-electron chi connectivity index (χ2n) is 6.97. The SMILES string of the molecule is CCNC(=NCCCCn1c(C)cccc1=O)Nc1cccc(OCCCOC)c1. The lowest BCUT2D eigenvalue weighted by molar-refractivity contribution is 0.172. The molecule has 0 unspecified atom stereocenters. The monoisotopic (exact) mass is 414 g/mol. The molecule has 7 heteroatoms. The van der Waals surface area contributed by atoms with Gasteiger partial charge >= 0.3 is 0 Å². The molecule has 1 aromatic heterocycles. The Hall–Kier alpha value is -2.80. The van der Waals surface area contributed by atoms with Crippen molar-refractivity contribution >= 4 is 11.6 Å². The van der Waals surface area contributed by atoms with Gasteiger partial charge in [-0.2, -0.15) is 0 Å². The highest BCUT2D eigenvalue weighted by atomic mass is 16.5. The number of ether oxygens (including phenoxy) is 2. The summed E-state index contributed by atoms with van der Waals surface area (Å²) in [6.07, 6.45) is 2.66. The van der Waals surface area contributed by atoms with Crippen molar-refractivity contribution in [2.75, 3.05) is 38.7 Å². The maximum atomic E-state index is 11.9. The van der Waals surface area contributed by atoms with Gasteiger partial charge in [0.15, 0.2) is 5.96 Å². The predicted octanol–water partition coefficient (Wildman–Crippen LogP) is 3.43. The van der Waals surface area contributed by atoms with E-state index in [9.17, 15) is 4.79 Å². The number of benzene rings is 1. The first-order valence-electron chi connectivity index (χ1n) is 10.6. The first kappa shape index (κ1) is 23.5. The third kappa shape index (κ3) is 8.29. The number of aromatic nitrogens is 1. The van der Waals surface area contributed by atoms with Crippen molar-refractivity contribution in [1.82, 2.24) is 9.88 Å². The Labute approximate surface area is 179 Å². The van der Waals surface area contributed by atoms with Crippen LogP contribution in [0.15, 0.2) is 52.3 Å². The first-order valence-corrected chi connectivity index (χ1v) is 10.6. The normalized spacial score (nSPS) is 11.4. The van der Waals surface area contributed by atoms with Crippen LogP contribution in [0.4, 0.5) is 5.69 Å². The van der Waals surface area contributed by atoms with Crippen LogP contribution in [0.2, 0.25) is 0 Å². The van der Waals surface area contributed by atoms with Gasteiger partial charge in [-0.1, -0.05) is 12.1 Å². The number of nitrogens with zero attached hydrogens (tertiary/aromatic N) is 2. The number of aliphatic imine (C=N–C) groups is 1. The Kier molecular flexibility index (Phi) is 10.5. The molecular formula is C23H34N4O3. The average Bonchev–Trinajstić information content (AvgIpc) is 2.73. The largest absolute Gasteiger partial charge is 0.493 e. The number of hydrogen-bond donors (Lipinski definition) is 2. The zero-order valence-electron chi connectivity index (χ0n) is 18.3. The zero-order valence-corrected chi connectivity index (χ0v) is 18.3. The molecule has 0 amide bonds. The number of rotatable bonds is 12. The molecule has 0 saturated heterocycles. The molecule has 0 saturated carbocycles. The highest BCUT2D eigenvalue weighted by Gasteiger charge is 2.02. The Morgan fingerprint density at radius 1 is 1.10 bits per heavy atom. The van der Waals surface area contributed by atoms with Crippen molar-refractivity contribution < 1.29 is 9.47 Å². The summed E-state index contributed by atoms with van der Waals surface area (Å²) in [5.41, 5.74) is 1.97. The van der Waals surface area contributed by atoms with E-state index in [1.165, 1.54) is 0 Å². The Morgan fingerprint density at radius 3 is 2.70 bits per heavy atom. The lowest BCUT2D eigenvalue weighted by Gasteiger charge is -2.13. The van der Waals surface area contributed by atoms with Gasteiger partial charge in [-0.05, 0) is 44.9 Å². The molecule has 7 nitrogen and oxygen atoms in total. The van der Waals surface area contributed by atoms with E-state index < -0.39 is 0 Å². The topological polar surface area (TPSA) is 76.9 Å². The summed E-state index contributed by atoms with van der Waals surface area (Å²) >= 11 is 0. The summed E-state index contributed by atoms with van der Waals surface area (Å²) in [5.74, 6) is 1.55. The molecule has 0 atom stereocenters. The van der Waals surface area contributed by atoms with Crippen molar-refractivity contribution in [3.63, 3.8) is 0 Å². The van der Waals surface area contributed by atoms with Crippen molar-refractivity contribution in [3.05, 3.63) is 58.5 Å². The number of methoxy groups -OCH3 is 1. The van der Waals surface area contributed by atoms with E-state index in [2.05, 4.69) is 15.6 Å². The van der Waals surface area contributed by atoms with Gasteiger partial charge in [-0.15, -0.1) is 0 Å². The van der Waals surface area contributed by atoms with Gasteiger partial charge in [0.2, 0.25) is 0 Å². The van der Waals surface area contributed by atoms with Crippen LogP contribution in [0.1, 0.15) is 31.9 Å². The molecule has 30 heavy (non-hydrogen) atoms. The summed E-state index contributed by atoms with van der Waals surface area (Å²) in [6, 6.07) is 13.2. The van der Waals surface area contributed by atoms with Crippen molar-refractivity contribution in [1.29, 1.82) is 0 Å². The number of nitrogens with one attached hydrogen (secondary N) is 2. The van der Waals surface area contributed by atoms with Gasteiger partial charge < -0.3 is 24.7 Å². The molecule has 0 fully saturated rings. The fourth-order valence-electron chi connectivity index (χ4n) is 2.98. The smallest absolute Gasteiger partial charge is 0.250 e. The first-order chi connectivity index (χ1) is 14.6. The van der Waals surface area contributed by atoms with Crippen molar-refractivity contribution in [2.24, 2.45) is 4.99 Å². The van der Waals surface area contributed by atoms with Crippen LogP contribution in [0, 0.1) is 6.92 Å². The van der Waals surface area contributed by atoms with Crippen LogP contribution in [0.5, 0.6) is 5.75 Å². The number of anilines is 1. The Morgan fingerprint density at radius 2 is 1.93 bits per heavy atom. The van der Waals surface area contributed by atoms with Gasteiger partial charge in [0, 0.05) is 63.3 Å². The molecule has 164 valence electrons. The highest BCUT2D eigenvalue weighted by Crippen LogP contribution is 2.17. The van der Waals surface area contributed by atoms with Crippen LogP contribution in [0.25, 0.3) is 0 Å². The van der Waals surface area contributed by atoms with E-state index in [0.29, 0.717) is 26.3 Å². The third-order valence-electron chi connectivity index (χ3n) is 4.53. The maximum absolute atomic E-state index is 11.9. The fourth-order valence-corrected chi connectivity index (χ4v) is 2.98. The fraction of sp³-hybridized carbons (Fsp3) is 0.478. The molecular weight excluding hydrogens is 380 g/mol. The standard InChI is InChI=1S/C23H34N4O3/c1-4-24-23(25-14-5-6-15-27-19(2)10-7-13-22(27)28)26-20-11-8-12-21(18-20)30-17-9-16-29-3/h7-8,10-13,18H,4-6,9,14-17H2,1-3H3,(H2,24,25,26). The van der Waals surface area contributed by atoms with E-state index in [4.69, 9.17) is 9.47 Å². The van der Waals surface area contributed by atoms with Crippen molar-refractivity contribution in [3.8, 4) is 5.75 Å². The second-order valence-corrected chi connectivity index (χ2v) is 6.97. The summed E-state index contributed by atoms with van der Waals surface area (Å²) in [4.78, 5) is 16.6. The molecule has 1 aromatic carbocycles. The summed E-state index contributed by atoms with van der Waals surface area (Å²) < 4.78 is 12.6. The summed E-state index contributed by atoms with van der Waals surface area (Å²) in [7, 11) is 1.69. The minimum atomic E-state index is 0.0535. The van der Waals surface area contributed by atoms with Crippen LogP contribution in [-0.2, 0) is 11.3 Å². The predicted molar refractivity (Wildman–Crippen MR) is 123 cm³/mol. The zero-order chi connectivity index (χ0) is 21.6. The van der Waals surface area contributed by atoms with Crippen LogP contribution in [-0.4, -0.2) is 43.9 Å². The molecule has 2 N–H and O–H groups in total. The molecule has 0 aliphatic rings. The molecule has 0 spiro atoms. The van der Waals surface area contributed by atoms with Crippen LogP contribution in [0.3, 0.4) is 0 Å². The Bertz CT molecular complexity index is 848. The molecule has 2 rings (SSSR count). The molecule has 0 radical (unpaired) electrons. The summed E-state index contributed by atoms with van der Waals surface area (Å²) in [5, 5.41) is 6.59. The lowest BCUT2D eigenvalue weighted by atomic mass is 10.3. The number of aryl methyl sites for hydroxylation is 1. The van der Waals surface area contributed by atoms with Gasteiger partial charge in [-0.3, -0.25) is 9.79 Å². The third-order valence-corrected chi connectivity index (χ3v) is 4.53. The Balaban J connectivity index is 1.84. The average molecular weight is 415 g/mol. The minimum absolute atomic E-state index is 0.0535. The number of unbranched alkanes of at least 4 members (excludes halogenated alkanes) is 1. The number of guanidine groups is 1. The number of hydrogen-bond acceptors (Lipinski definition) is 4. The molecule has 0 aliphatic heterocycles. The quantitative estimate of drug-likeness (QED) is 0.316. The molecule has 2 aromatic rings. The lowest BCUT2D eigenvalue weighted by Crippen LogP contribution is -2.30. The van der Waals surface area contributed by atoms with Gasteiger partial charge in [0.1, 0.15) is 5.75 Å². The molecule has 0 aliphatic carbocycles. The van der Waals surface area contributed by atoms with Crippen LogP contribution >= 0.6 is 0 Å². The van der Waals surface area contributed by atoms with E-state index >= 15 is 0 Å². The maximum Gasteiger partial charge on any atom is 0.250 e. The van der Waals surface area contributed by atoms with Gasteiger partial charge in [0.05, 0.1) is 6.61 Å². The van der Waals surface area contributed by atoms with E-state index in [-0.39, 0.29) is 5.56 Å². The summed E-state index contributed by atoms with van der Waals surface area (Å²) in [6.45, 7) is 7.48. The van der Waals surface area contributed by atoms with Crippen molar-refractivity contribution in [2.45, 2.75) is 39.7 Å².